The second kappa shape index (κ2) is 7.23. The molecule has 0 spiro atoms. The highest BCUT2D eigenvalue weighted by atomic mass is 35.5. The molecule has 0 saturated carbocycles. The minimum atomic E-state index is 0. The summed E-state index contributed by atoms with van der Waals surface area (Å²) in [5.74, 6) is 1.06. The number of ether oxygens (including phenoxy) is 1. The van der Waals surface area contributed by atoms with Gasteiger partial charge in [0.15, 0.2) is 0 Å². The van der Waals surface area contributed by atoms with Crippen molar-refractivity contribution in [1.29, 1.82) is 0 Å². The van der Waals surface area contributed by atoms with Crippen LogP contribution in [0.15, 0.2) is 28.8 Å². The lowest BCUT2D eigenvalue weighted by molar-refractivity contribution is 0.0485. The van der Waals surface area contributed by atoms with Crippen LogP contribution in [-0.4, -0.2) is 16.2 Å². The van der Waals surface area contributed by atoms with E-state index in [-0.39, 0.29) is 18.5 Å². The van der Waals surface area contributed by atoms with Gasteiger partial charge in [-0.1, -0.05) is 29.4 Å². The number of nitrogens with zero attached hydrogens (tertiary/aromatic N) is 2. The number of hydrogen-bond acceptors (Lipinski definition) is 5. The predicted octanol–water partition coefficient (Wildman–Crippen LogP) is 2.54. The van der Waals surface area contributed by atoms with Gasteiger partial charge in [0.25, 0.3) is 5.89 Å². The molecule has 104 valence electrons. The lowest BCUT2D eigenvalue weighted by Gasteiger charge is -2.02. The van der Waals surface area contributed by atoms with E-state index in [4.69, 9.17) is 15.0 Å². The SMILES string of the molecule is CC(C)OCc1nc(-c2ccc(CN)cc2)no1.Cl. The first kappa shape index (κ1) is 15.6. The number of hydrogen-bond donors (Lipinski definition) is 1. The number of halogens is 1. The van der Waals surface area contributed by atoms with Crippen LogP contribution in [-0.2, 0) is 17.9 Å². The molecule has 2 N–H and O–H groups in total. The Morgan fingerprint density at radius 1 is 1.26 bits per heavy atom. The second-order valence-corrected chi connectivity index (χ2v) is 4.27. The maximum atomic E-state index is 5.54. The number of benzene rings is 1. The Kier molecular flexibility index (Phi) is 5.95. The Hall–Kier alpha value is -1.43. The molecule has 0 aliphatic carbocycles. The zero-order valence-electron chi connectivity index (χ0n) is 11.0. The number of nitrogens with two attached hydrogens (primary N) is 1. The fraction of sp³-hybridized carbons (Fsp3) is 0.385. The van der Waals surface area contributed by atoms with Gasteiger partial charge in [0, 0.05) is 12.1 Å². The molecule has 0 radical (unpaired) electrons. The first-order valence-electron chi connectivity index (χ1n) is 5.92. The van der Waals surface area contributed by atoms with E-state index in [0.29, 0.717) is 24.9 Å². The summed E-state index contributed by atoms with van der Waals surface area (Å²) in [4.78, 5) is 4.27. The molecule has 0 amide bonds. The zero-order valence-corrected chi connectivity index (χ0v) is 11.8. The van der Waals surface area contributed by atoms with Crippen molar-refractivity contribution < 1.29 is 9.26 Å². The Morgan fingerprint density at radius 2 is 1.95 bits per heavy atom. The minimum absolute atomic E-state index is 0. The molecule has 1 aromatic carbocycles. The third-order valence-electron chi connectivity index (χ3n) is 2.46. The summed E-state index contributed by atoms with van der Waals surface area (Å²) in [6.07, 6.45) is 0.143. The van der Waals surface area contributed by atoms with Gasteiger partial charge in [-0.25, -0.2) is 0 Å². The van der Waals surface area contributed by atoms with Gasteiger partial charge in [-0.15, -0.1) is 12.4 Å². The van der Waals surface area contributed by atoms with E-state index in [0.717, 1.165) is 11.1 Å². The molecular formula is C13H18ClN3O2. The fourth-order valence-corrected chi connectivity index (χ4v) is 1.46. The molecule has 1 aromatic heterocycles. The Labute approximate surface area is 118 Å². The van der Waals surface area contributed by atoms with Crippen molar-refractivity contribution in [3.8, 4) is 11.4 Å². The van der Waals surface area contributed by atoms with E-state index in [1.807, 2.05) is 38.1 Å². The Morgan fingerprint density at radius 3 is 2.53 bits per heavy atom. The fourth-order valence-electron chi connectivity index (χ4n) is 1.46. The van der Waals surface area contributed by atoms with E-state index in [1.165, 1.54) is 0 Å². The lowest BCUT2D eigenvalue weighted by atomic mass is 10.1. The van der Waals surface area contributed by atoms with Crippen molar-refractivity contribution in [3.63, 3.8) is 0 Å². The van der Waals surface area contributed by atoms with Crippen LogP contribution in [0.5, 0.6) is 0 Å². The van der Waals surface area contributed by atoms with E-state index >= 15 is 0 Å². The van der Waals surface area contributed by atoms with Crippen LogP contribution in [0.2, 0.25) is 0 Å². The smallest absolute Gasteiger partial charge is 0.252 e. The summed E-state index contributed by atoms with van der Waals surface area (Å²) in [5.41, 5.74) is 7.53. The number of rotatable bonds is 5. The molecule has 0 fully saturated rings. The van der Waals surface area contributed by atoms with Gasteiger partial charge in [0.2, 0.25) is 5.82 Å². The molecule has 0 aliphatic heterocycles. The lowest BCUT2D eigenvalue weighted by Crippen LogP contribution is -2.02. The largest absolute Gasteiger partial charge is 0.369 e. The summed E-state index contributed by atoms with van der Waals surface area (Å²) < 4.78 is 10.5. The van der Waals surface area contributed by atoms with Gasteiger partial charge < -0.3 is 15.0 Å². The molecule has 0 aliphatic rings. The van der Waals surface area contributed by atoms with Crippen LogP contribution in [0.4, 0.5) is 0 Å². The number of aromatic nitrogens is 2. The van der Waals surface area contributed by atoms with Crippen molar-refractivity contribution in [2.75, 3.05) is 0 Å². The Balaban J connectivity index is 0.00000180. The van der Waals surface area contributed by atoms with Gasteiger partial charge >= 0.3 is 0 Å². The van der Waals surface area contributed by atoms with Crippen LogP contribution in [0.3, 0.4) is 0 Å². The van der Waals surface area contributed by atoms with E-state index < -0.39 is 0 Å². The summed E-state index contributed by atoms with van der Waals surface area (Å²) in [7, 11) is 0. The average Bonchev–Trinajstić information content (AvgIpc) is 2.85. The van der Waals surface area contributed by atoms with Crippen molar-refractivity contribution in [1.82, 2.24) is 10.1 Å². The molecule has 2 rings (SSSR count). The average molecular weight is 284 g/mol. The minimum Gasteiger partial charge on any atom is -0.369 e. The normalized spacial score (nSPS) is 10.5. The molecule has 6 heteroatoms. The second-order valence-electron chi connectivity index (χ2n) is 4.27. The van der Waals surface area contributed by atoms with Gasteiger partial charge in [0.05, 0.1) is 6.10 Å². The summed E-state index contributed by atoms with van der Waals surface area (Å²) in [5, 5.41) is 3.92. The van der Waals surface area contributed by atoms with Crippen LogP contribution in [0, 0.1) is 0 Å². The maximum Gasteiger partial charge on any atom is 0.252 e. The Bertz CT molecular complexity index is 497. The van der Waals surface area contributed by atoms with Gasteiger partial charge in [-0.05, 0) is 19.4 Å². The molecule has 5 nitrogen and oxygen atoms in total. The van der Waals surface area contributed by atoms with Crippen LogP contribution in [0.1, 0.15) is 25.3 Å². The van der Waals surface area contributed by atoms with Crippen molar-refractivity contribution in [2.45, 2.75) is 33.1 Å². The first-order chi connectivity index (χ1) is 8.69. The zero-order chi connectivity index (χ0) is 13.0. The highest BCUT2D eigenvalue weighted by molar-refractivity contribution is 5.85. The van der Waals surface area contributed by atoms with Crippen molar-refractivity contribution >= 4 is 12.4 Å². The third kappa shape index (κ3) is 4.31. The van der Waals surface area contributed by atoms with Crippen molar-refractivity contribution in [3.05, 3.63) is 35.7 Å². The van der Waals surface area contributed by atoms with Crippen LogP contribution in [0.25, 0.3) is 11.4 Å². The highest BCUT2D eigenvalue weighted by Crippen LogP contribution is 2.16. The summed E-state index contributed by atoms with van der Waals surface area (Å²) in [6, 6.07) is 7.77. The summed E-state index contributed by atoms with van der Waals surface area (Å²) in [6.45, 7) is 4.79. The molecule has 0 bridgehead atoms. The van der Waals surface area contributed by atoms with Crippen LogP contribution < -0.4 is 5.73 Å². The van der Waals surface area contributed by atoms with E-state index in [1.54, 1.807) is 0 Å². The molecule has 19 heavy (non-hydrogen) atoms. The highest BCUT2D eigenvalue weighted by Gasteiger charge is 2.09. The van der Waals surface area contributed by atoms with E-state index in [9.17, 15) is 0 Å². The quantitative estimate of drug-likeness (QED) is 0.913. The van der Waals surface area contributed by atoms with Gasteiger partial charge in [0.1, 0.15) is 6.61 Å². The monoisotopic (exact) mass is 283 g/mol. The molecule has 0 saturated heterocycles. The predicted molar refractivity (Wildman–Crippen MR) is 74.8 cm³/mol. The molecule has 0 unspecified atom stereocenters. The summed E-state index contributed by atoms with van der Waals surface area (Å²) >= 11 is 0. The maximum absolute atomic E-state index is 5.54. The molecule has 2 aromatic rings. The first-order valence-corrected chi connectivity index (χ1v) is 5.92. The van der Waals surface area contributed by atoms with E-state index in [2.05, 4.69) is 10.1 Å². The van der Waals surface area contributed by atoms with Gasteiger partial charge in [-0.3, -0.25) is 0 Å². The third-order valence-corrected chi connectivity index (χ3v) is 2.46. The van der Waals surface area contributed by atoms with Gasteiger partial charge in [-0.2, -0.15) is 4.98 Å². The molecular weight excluding hydrogens is 266 g/mol. The topological polar surface area (TPSA) is 74.2 Å². The molecule has 0 atom stereocenters. The molecule has 1 heterocycles. The van der Waals surface area contributed by atoms with Crippen LogP contribution >= 0.6 is 12.4 Å². The standard InChI is InChI=1S/C13H17N3O2.ClH/c1-9(2)17-8-12-15-13(16-18-12)11-5-3-10(7-14)4-6-11;/h3-6,9H,7-8,14H2,1-2H3;1H. The van der Waals surface area contributed by atoms with Crippen molar-refractivity contribution in [2.24, 2.45) is 5.73 Å².